The van der Waals surface area contributed by atoms with Crippen molar-refractivity contribution >= 4 is 39.8 Å². The zero-order chi connectivity index (χ0) is 22.1. The Morgan fingerprint density at radius 1 is 1.42 bits per heavy atom. The molecule has 3 aromatic heterocycles. The van der Waals surface area contributed by atoms with Crippen molar-refractivity contribution in [3.63, 3.8) is 0 Å². The lowest BCUT2D eigenvalue weighted by Crippen LogP contribution is -2.55. The summed E-state index contributed by atoms with van der Waals surface area (Å²) >= 11 is 8.77. The van der Waals surface area contributed by atoms with Gasteiger partial charge in [0.25, 0.3) is 0 Å². The summed E-state index contributed by atoms with van der Waals surface area (Å²) in [4.78, 5) is 9.30. The molecule has 5 atom stereocenters. The van der Waals surface area contributed by atoms with Crippen LogP contribution in [0, 0.1) is 6.92 Å². The normalized spacial score (nSPS) is 26.3. The number of pyridine rings is 1. The van der Waals surface area contributed by atoms with Crippen LogP contribution in [0.3, 0.4) is 0 Å². The number of aliphatic hydroxyl groups is 2. The van der Waals surface area contributed by atoms with Gasteiger partial charge in [-0.3, -0.25) is 4.98 Å². The fourth-order valence-corrected chi connectivity index (χ4v) is 5.44. The molecule has 1 aliphatic heterocycles. The predicted molar refractivity (Wildman–Crippen MR) is 117 cm³/mol. The summed E-state index contributed by atoms with van der Waals surface area (Å²) in [5.74, 6) is 0. The molecule has 4 heterocycles. The highest BCUT2D eigenvalue weighted by Crippen LogP contribution is 2.40. The molecular weight excluding hydrogens is 464 g/mol. The fraction of sp³-hybridized carbons (Fsp3) is 0.444. The number of nitrogens with zero attached hydrogens (tertiary/aromatic N) is 5. The second-order valence-corrected chi connectivity index (χ2v) is 9.38. The number of methoxy groups -OCH3 is 1. The van der Waals surface area contributed by atoms with E-state index in [2.05, 4.69) is 20.3 Å². The highest BCUT2D eigenvalue weighted by atomic mass is 35.5. The van der Waals surface area contributed by atoms with E-state index >= 15 is 0 Å². The van der Waals surface area contributed by atoms with Crippen molar-refractivity contribution in [2.24, 2.45) is 0 Å². The smallest absolute Gasteiger partial charge is 0.180 e. The van der Waals surface area contributed by atoms with Gasteiger partial charge in [-0.05, 0) is 13.0 Å². The van der Waals surface area contributed by atoms with Crippen molar-refractivity contribution in [2.45, 2.75) is 41.6 Å². The molecule has 1 saturated heterocycles. The number of ether oxygens (including phenoxy) is 2. The van der Waals surface area contributed by atoms with Crippen LogP contribution in [0.25, 0.3) is 11.4 Å². The first-order chi connectivity index (χ1) is 14.9. The van der Waals surface area contributed by atoms with E-state index in [-0.39, 0.29) is 6.61 Å². The lowest BCUT2D eigenvalue weighted by Gasteiger charge is -2.43. The Hall–Kier alpha value is -1.80. The number of thioether (sulfide) groups is 1. The standard InChI is InChI=1S/C18H21ClN6O4S2/c1-8-13(3-9(19)4-21-8)31-17-16(28-2)14(15(27)12(6-26)29-17)25-5-10(23-24-25)11-7-30-18(20)22-11/h3-5,7,12,14-17,26-27H,6H2,1-2H3,(H2,20,22)/t12?,14?,15?,16-,17?/m0/s1. The van der Waals surface area contributed by atoms with Crippen LogP contribution in [-0.2, 0) is 9.47 Å². The van der Waals surface area contributed by atoms with Gasteiger partial charge in [-0.2, -0.15) is 0 Å². The highest BCUT2D eigenvalue weighted by Gasteiger charge is 2.47. The number of halogens is 1. The number of aryl methyl sites for hydroxylation is 1. The van der Waals surface area contributed by atoms with Crippen LogP contribution >= 0.6 is 34.7 Å². The molecule has 31 heavy (non-hydrogen) atoms. The van der Waals surface area contributed by atoms with Crippen LogP contribution in [0.1, 0.15) is 11.7 Å². The highest BCUT2D eigenvalue weighted by molar-refractivity contribution is 7.99. The minimum Gasteiger partial charge on any atom is -0.394 e. The topological polar surface area (TPSA) is 141 Å². The van der Waals surface area contributed by atoms with E-state index in [9.17, 15) is 10.2 Å². The van der Waals surface area contributed by atoms with E-state index in [0.717, 1.165) is 10.6 Å². The second kappa shape index (κ2) is 9.36. The first-order valence-electron chi connectivity index (χ1n) is 9.30. The molecule has 4 unspecified atom stereocenters. The first-order valence-corrected chi connectivity index (χ1v) is 11.4. The van der Waals surface area contributed by atoms with Gasteiger partial charge in [-0.25, -0.2) is 9.67 Å². The minimum absolute atomic E-state index is 0.373. The lowest BCUT2D eigenvalue weighted by atomic mass is 9.97. The molecule has 3 aromatic rings. The maximum Gasteiger partial charge on any atom is 0.180 e. The van der Waals surface area contributed by atoms with Crippen LogP contribution in [0.4, 0.5) is 5.13 Å². The van der Waals surface area contributed by atoms with Gasteiger partial charge in [0.15, 0.2) is 5.13 Å². The molecule has 0 amide bonds. The number of nitrogen functional groups attached to an aromatic ring is 1. The third-order valence-corrected chi connectivity index (χ3v) is 7.11. The van der Waals surface area contributed by atoms with Crippen molar-refractivity contribution < 1.29 is 19.7 Å². The van der Waals surface area contributed by atoms with Crippen LogP contribution in [0.15, 0.2) is 28.7 Å². The number of rotatable bonds is 6. The maximum atomic E-state index is 10.9. The Balaban J connectivity index is 1.66. The molecule has 0 bridgehead atoms. The van der Waals surface area contributed by atoms with Gasteiger partial charge in [0, 0.05) is 23.6 Å². The number of thiazole rings is 1. The Morgan fingerprint density at radius 2 is 2.23 bits per heavy atom. The van der Waals surface area contributed by atoms with Crippen LogP contribution in [0.2, 0.25) is 5.02 Å². The second-order valence-electron chi connectivity index (χ2n) is 6.92. The van der Waals surface area contributed by atoms with Gasteiger partial charge >= 0.3 is 0 Å². The third kappa shape index (κ3) is 4.55. The Morgan fingerprint density at radius 3 is 2.90 bits per heavy atom. The number of hydrogen-bond acceptors (Lipinski definition) is 11. The lowest BCUT2D eigenvalue weighted by molar-refractivity contribution is -0.186. The van der Waals surface area contributed by atoms with Gasteiger partial charge < -0.3 is 25.4 Å². The molecule has 1 fully saturated rings. The largest absolute Gasteiger partial charge is 0.394 e. The van der Waals surface area contributed by atoms with Gasteiger partial charge in [0.2, 0.25) is 0 Å². The Labute approximate surface area is 191 Å². The van der Waals surface area contributed by atoms with Crippen molar-refractivity contribution in [3.05, 3.63) is 34.6 Å². The van der Waals surface area contributed by atoms with Crippen LogP contribution in [-0.4, -0.2) is 72.6 Å². The molecule has 0 spiro atoms. The summed E-state index contributed by atoms with van der Waals surface area (Å²) in [6.07, 6.45) is 0.699. The summed E-state index contributed by atoms with van der Waals surface area (Å²) in [6.45, 7) is 1.49. The maximum absolute atomic E-state index is 10.9. The third-order valence-electron chi connectivity index (χ3n) is 4.95. The molecule has 4 N–H and O–H groups in total. The number of nitrogens with two attached hydrogens (primary N) is 1. The van der Waals surface area contributed by atoms with E-state index in [4.69, 9.17) is 26.8 Å². The van der Waals surface area contributed by atoms with Crippen molar-refractivity contribution in [1.29, 1.82) is 0 Å². The SMILES string of the molecule is CO[C@@H]1C(Sc2cc(Cl)cnc2C)OC(CO)C(O)C1n1cc(-c2csc(N)n2)nn1. The summed E-state index contributed by atoms with van der Waals surface area (Å²) in [5.41, 5.74) is 7.03. The van der Waals surface area contributed by atoms with E-state index in [1.165, 1.54) is 34.9 Å². The van der Waals surface area contributed by atoms with E-state index in [1.807, 2.05) is 6.92 Å². The number of aliphatic hydroxyl groups excluding tert-OH is 2. The van der Waals surface area contributed by atoms with Crippen molar-refractivity contribution in [2.75, 3.05) is 19.5 Å². The molecule has 0 aliphatic carbocycles. The number of hydrogen-bond donors (Lipinski definition) is 3. The number of aromatic nitrogens is 5. The predicted octanol–water partition coefficient (Wildman–Crippen LogP) is 1.77. The molecule has 10 nitrogen and oxygen atoms in total. The summed E-state index contributed by atoms with van der Waals surface area (Å²) < 4.78 is 13.2. The molecule has 4 rings (SSSR count). The summed E-state index contributed by atoms with van der Waals surface area (Å²) in [5, 5.41) is 31.8. The molecular formula is C18H21ClN6O4S2. The Bertz CT molecular complexity index is 1050. The summed E-state index contributed by atoms with van der Waals surface area (Å²) in [7, 11) is 1.53. The van der Waals surface area contributed by atoms with E-state index < -0.39 is 29.8 Å². The zero-order valence-electron chi connectivity index (χ0n) is 16.6. The zero-order valence-corrected chi connectivity index (χ0v) is 19.0. The van der Waals surface area contributed by atoms with Crippen LogP contribution in [0.5, 0.6) is 0 Å². The quantitative estimate of drug-likeness (QED) is 0.473. The summed E-state index contributed by atoms with van der Waals surface area (Å²) in [6, 6.07) is 1.12. The van der Waals surface area contributed by atoms with E-state index in [1.54, 1.807) is 23.8 Å². The number of anilines is 1. The molecule has 1 aliphatic rings. The van der Waals surface area contributed by atoms with Gasteiger partial charge in [-0.15, -0.1) is 16.4 Å². The van der Waals surface area contributed by atoms with Crippen molar-refractivity contribution in [3.8, 4) is 11.4 Å². The molecule has 166 valence electrons. The molecule has 0 aromatic carbocycles. The molecule has 13 heteroatoms. The Kier molecular flexibility index (Phi) is 6.77. The first kappa shape index (κ1) is 22.4. The monoisotopic (exact) mass is 484 g/mol. The van der Waals surface area contributed by atoms with Crippen molar-refractivity contribution in [1.82, 2.24) is 25.0 Å². The average Bonchev–Trinajstić information content (AvgIpc) is 3.40. The van der Waals surface area contributed by atoms with Crippen LogP contribution < -0.4 is 5.73 Å². The average molecular weight is 485 g/mol. The van der Waals surface area contributed by atoms with Gasteiger partial charge in [0.1, 0.15) is 41.2 Å². The van der Waals surface area contributed by atoms with Gasteiger partial charge in [0.05, 0.1) is 23.5 Å². The van der Waals surface area contributed by atoms with E-state index in [0.29, 0.717) is 21.5 Å². The molecule has 0 saturated carbocycles. The molecule has 0 radical (unpaired) electrons. The fourth-order valence-electron chi connectivity index (χ4n) is 3.39. The minimum atomic E-state index is -1.08. The van der Waals surface area contributed by atoms with Gasteiger partial charge in [-0.1, -0.05) is 28.6 Å².